The summed E-state index contributed by atoms with van der Waals surface area (Å²) in [5.74, 6) is -0.485. The van der Waals surface area contributed by atoms with E-state index < -0.39 is 5.97 Å². The number of rotatable bonds is 2. The van der Waals surface area contributed by atoms with E-state index in [-0.39, 0.29) is 11.2 Å². The number of hydrogen-bond donors (Lipinski definition) is 1. The summed E-state index contributed by atoms with van der Waals surface area (Å²) < 4.78 is 0. The minimum atomic E-state index is -1.01. The van der Waals surface area contributed by atoms with Gasteiger partial charge in [-0.2, -0.15) is 0 Å². The Kier molecular flexibility index (Phi) is 3.94. The molecule has 0 amide bonds. The van der Waals surface area contributed by atoms with Crippen molar-refractivity contribution in [3.05, 3.63) is 17.5 Å². The molecule has 0 bridgehead atoms. The summed E-state index contributed by atoms with van der Waals surface area (Å²) in [6.45, 7) is 11.9. The molecule has 1 fully saturated rings. The summed E-state index contributed by atoms with van der Waals surface area (Å²) >= 11 is 0. The Morgan fingerprint density at radius 2 is 1.80 bits per heavy atom. The molecule has 1 N–H and O–H groups in total. The zero-order valence-corrected chi connectivity index (χ0v) is 12.6. The van der Waals surface area contributed by atoms with Gasteiger partial charge in [0.2, 0.25) is 5.95 Å². The second kappa shape index (κ2) is 5.36. The van der Waals surface area contributed by atoms with Gasteiger partial charge in [-0.05, 0) is 33.8 Å². The van der Waals surface area contributed by atoms with Gasteiger partial charge >= 0.3 is 5.97 Å². The first-order valence-corrected chi connectivity index (χ1v) is 6.86. The summed E-state index contributed by atoms with van der Waals surface area (Å²) in [4.78, 5) is 24.0. The Labute approximate surface area is 119 Å². The van der Waals surface area contributed by atoms with Gasteiger partial charge in [0.05, 0.1) is 0 Å². The Morgan fingerprint density at radius 1 is 1.20 bits per heavy atom. The SMILES string of the molecule is Cc1cc(C(=O)O)nc(N2CCN(C(C)(C)C)CC2)n1. The van der Waals surface area contributed by atoms with Crippen molar-refractivity contribution < 1.29 is 9.90 Å². The molecule has 1 aliphatic rings. The van der Waals surface area contributed by atoms with Crippen LogP contribution in [0.2, 0.25) is 0 Å². The molecule has 20 heavy (non-hydrogen) atoms. The molecule has 1 aliphatic heterocycles. The molecule has 1 saturated heterocycles. The predicted octanol–water partition coefficient (Wildman–Crippen LogP) is 1.40. The van der Waals surface area contributed by atoms with Crippen molar-refractivity contribution >= 4 is 11.9 Å². The molecular weight excluding hydrogens is 256 g/mol. The largest absolute Gasteiger partial charge is 0.477 e. The van der Waals surface area contributed by atoms with Crippen LogP contribution in [0.25, 0.3) is 0 Å². The lowest BCUT2D eigenvalue weighted by atomic mass is 10.1. The van der Waals surface area contributed by atoms with Gasteiger partial charge in [0.1, 0.15) is 0 Å². The summed E-state index contributed by atoms with van der Waals surface area (Å²) in [5, 5.41) is 9.06. The lowest BCUT2D eigenvalue weighted by molar-refractivity contribution is 0.0690. The van der Waals surface area contributed by atoms with Crippen molar-refractivity contribution in [2.24, 2.45) is 0 Å². The molecule has 0 radical (unpaired) electrons. The van der Waals surface area contributed by atoms with Crippen molar-refractivity contribution in [1.29, 1.82) is 0 Å². The van der Waals surface area contributed by atoms with Gasteiger partial charge in [-0.15, -0.1) is 0 Å². The van der Waals surface area contributed by atoms with Crippen LogP contribution in [0.1, 0.15) is 37.0 Å². The molecule has 6 heteroatoms. The predicted molar refractivity (Wildman–Crippen MR) is 77.3 cm³/mol. The second-order valence-corrected chi connectivity index (χ2v) is 6.14. The first-order chi connectivity index (χ1) is 9.27. The number of carbonyl (C=O) groups is 1. The molecule has 2 rings (SSSR count). The van der Waals surface area contributed by atoms with Gasteiger partial charge in [-0.3, -0.25) is 4.90 Å². The molecule has 0 atom stereocenters. The van der Waals surface area contributed by atoms with E-state index in [4.69, 9.17) is 5.11 Å². The maximum Gasteiger partial charge on any atom is 0.354 e. The van der Waals surface area contributed by atoms with E-state index >= 15 is 0 Å². The average Bonchev–Trinajstić information content (AvgIpc) is 2.37. The topological polar surface area (TPSA) is 69.6 Å². The van der Waals surface area contributed by atoms with Crippen LogP contribution >= 0.6 is 0 Å². The molecule has 0 aliphatic carbocycles. The molecule has 0 saturated carbocycles. The zero-order valence-electron chi connectivity index (χ0n) is 12.6. The van der Waals surface area contributed by atoms with Gasteiger partial charge in [0, 0.05) is 37.4 Å². The van der Waals surface area contributed by atoms with Crippen molar-refractivity contribution in [3.8, 4) is 0 Å². The van der Waals surface area contributed by atoms with E-state index in [1.54, 1.807) is 6.92 Å². The summed E-state index contributed by atoms with van der Waals surface area (Å²) in [6, 6.07) is 1.50. The first kappa shape index (κ1) is 14.7. The minimum Gasteiger partial charge on any atom is -0.477 e. The van der Waals surface area contributed by atoms with E-state index in [0.29, 0.717) is 11.6 Å². The molecule has 2 heterocycles. The molecule has 0 unspecified atom stereocenters. The van der Waals surface area contributed by atoms with Crippen LogP contribution < -0.4 is 4.90 Å². The Bertz CT molecular complexity index is 502. The van der Waals surface area contributed by atoms with Crippen LogP contribution in [0, 0.1) is 6.92 Å². The molecule has 1 aromatic heterocycles. The maximum atomic E-state index is 11.1. The van der Waals surface area contributed by atoms with E-state index in [1.807, 2.05) is 0 Å². The lowest BCUT2D eigenvalue weighted by Crippen LogP contribution is -2.53. The third kappa shape index (κ3) is 3.25. The van der Waals surface area contributed by atoms with Crippen LogP contribution in [0.15, 0.2) is 6.07 Å². The normalized spacial score (nSPS) is 17.3. The summed E-state index contributed by atoms with van der Waals surface area (Å²) in [5.41, 5.74) is 0.905. The highest BCUT2D eigenvalue weighted by Crippen LogP contribution is 2.18. The van der Waals surface area contributed by atoms with Crippen LogP contribution in [-0.2, 0) is 0 Å². The number of carboxylic acids is 1. The van der Waals surface area contributed by atoms with Gasteiger partial charge < -0.3 is 10.0 Å². The molecular formula is C14H22N4O2. The number of anilines is 1. The molecule has 110 valence electrons. The fourth-order valence-corrected chi connectivity index (χ4v) is 2.38. The highest BCUT2D eigenvalue weighted by molar-refractivity contribution is 5.85. The van der Waals surface area contributed by atoms with Crippen LogP contribution in [0.5, 0.6) is 0 Å². The average molecular weight is 278 g/mol. The van der Waals surface area contributed by atoms with E-state index in [0.717, 1.165) is 26.2 Å². The van der Waals surface area contributed by atoms with Crippen molar-refractivity contribution in [1.82, 2.24) is 14.9 Å². The quantitative estimate of drug-likeness (QED) is 0.882. The second-order valence-electron chi connectivity index (χ2n) is 6.14. The number of nitrogens with zero attached hydrogens (tertiary/aromatic N) is 4. The maximum absolute atomic E-state index is 11.1. The van der Waals surface area contributed by atoms with Gasteiger partial charge in [-0.25, -0.2) is 14.8 Å². The smallest absolute Gasteiger partial charge is 0.354 e. The van der Waals surface area contributed by atoms with Crippen molar-refractivity contribution in [3.63, 3.8) is 0 Å². The molecule has 0 spiro atoms. The molecule has 6 nitrogen and oxygen atoms in total. The minimum absolute atomic E-state index is 0.0609. The highest BCUT2D eigenvalue weighted by atomic mass is 16.4. The standard InChI is InChI=1S/C14H22N4O2/c1-10-9-11(12(19)20)16-13(15-10)17-5-7-18(8-6-17)14(2,3)4/h9H,5-8H2,1-4H3,(H,19,20). The number of aryl methyl sites for hydroxylation is 1. The third-order valence-corrected chi connectivity index (χ3v) is 3.57. The summed E-state index contributed by atoms with van der Waals surface area (Å²) in [7, 11) is 0. The number of aromatic carboxylic acids is 1. The third-order valence-electron chi connectivity index (χ3n) is 3.57. The van der Waals surface area contributed by atoms with Crippen LogP contribution in [-0.4, -0.2) is 57.7 Å². The van der Waals surface area contributed by atoms with Crippen LogP contribution in [0.4, 0.5) is 5.95 Å². The summed E-state index contributed by atoms with van der Waals surface area (Å²) in [6.07, 6.45) is 0. The monoisotopic (exact) mass is 278 g/mol. The zero-order chi connectivity index (χ0) is 14.9. The number of piperazine rings is 1. The number of carboxylic acid groups (broad SMARTS) is 1. The van der Waals surface area contributed by atoms with Gasteiger partial charge in [-0.1, -0.05) is 0 Å². The fraction of sp³-hybridized carbons (Fsp3) is 0.643. The molecule has 1 aromatic rings. The highest BCUT2D eigenvalue weighted by Gasteiger charge is 2.27. The van der Waals surface area contributed by atoms with E-state index in [2.05, 4.69) is 40.5 Å². The van der Waals surface area contributed by atoms with E-state index in [1.165, 1.54) is 6.07 Å². The number of aromatic nitrogens is 2. The number of hydrogen-bond acceptors (Lipinski definition) is 5. The van der Waals surface area contributed by atoms with E-state index in [9.17, 15) is 4.79 Å². The van der Waals surface area contributed by atoms with Crippen molar-refractivity contribution in [2.75, 3.05) is 31.1 Å². The molecule has 0 aromatic carbocycles. The van der Waals surface area contributed by atoms with Crippen molar-refractivity contribution in [2.45, 2.75) is 33.2 Å². The lowest BCUT2D eigenvalue weighted by Gasteiger charge is -2.42. The van der Waals surface area contributed by atoms with Crippen LogP contribution in [0.3, 0.4) is 0 Å². The fourth-order valence-electron chi connectivity index (χ4n) is 2.38. The first-order valence-electron chi connectivity index (χ1n) is 6.86. The van der Waals surface area contributed by atoms with Gasteiger partial charge in [0.25, 0.3) is 0 Å². The Balaban J connectivity index is 2.13. The Morgan fingerprint density at radius 3 is 2.30 bits per heavy atom. The van der Waals surface area contributed by atoms with Gasteiger partial charge in [0.15, 0.2) is 5.69 Å². The Hall–Kier alpha value is -1.69.